The molecule has 0 aliphatic carbocycles. The summed E-state index contributed by atoms with van der Waals surface area (Å²) < 4.78 is 1.17. The zero-order chi connectivity index (χ0) is 8.27. The highest BCUT2D eigenvalue weighted by Crippen LogP contribution is 2.13. The quantitative estimate of drug-likeness (QED) is 0.811. The van der Waals surface area contributed by atoms with Crippen LogP contribution >= 0.6 is 22.6 Å². The lowest BCUT2D eigenvalue weighted by molar-refractivity contribution is 0.414. The van der Waals surface area contributed by atoms with Crippen molar-refractivity contribution in [1.29, 1.82) is 0 Å². The molecule has 1 radical (unpaired) electrons. The minimum Gasteiger partial charge on any atom is -0.385 e. The Balaban J connectivity index is 3.02. The molecule has 0 aromatic heterocycles. The molecule has 0 saturated carbocycles. The highest BCUT2D eigenvalue weighted by Gasteiger charge is 1.96. The van der Waals surface area contributed by atoms with Crippen LogP contribution in [0.3, 0.4) is 0 Å². The van der Waals surface area contributed by atoms with Gasteiger partial charge in [0.1, 0.15) is 6.61 Å². The van der Waals surface area contributed by atoms with E-state index in [1.54, 1.807) is 0 Å². The van der Waals surface area contributed by atoms with Crippen LogP contribution in [0.5, 0.6) is 0 Å². The third-order valence-corrected chi connectivity index (χ3v) is 2.16. The molecule has 0 fully saturated rings. The normalized spacial score (nSPS) is 10.1. The highest BCUT2D eigenvalue weighted by molar-refractivity contribution is 14.1. The molecule has 0 saturated heterocycles. The zero-order valence-corrected chi connectivity index (χ0v) is 8.50. The van der Waals surface area contributed by atoms with E-state index in [1.165, 1.54) is 9.13 Å². The largest absolute Gasteiger partial charge is 0.385 e. The molecule has 0 aliphatic rings. The van der Waals surface area contributed by atoms with Crippen molar-refractivity contribution in [2.24, 2.45) is 0 Å². The SMILES string of the molecule is CCc1cc(I)cc([CH]O)c1. The van der Waals surface area contributed by atoms with Gasteiger partial charge >= 0.3 is 0 Å². The smallest absolute Gasteiger partial charge is 0.109 e. The van der Waals surface area contributed by atoms with Gasteiger partial charge in [0, 0.05) is 3.57 Å². The first-order chi connectivity index (χ1) is 5.26. The number of aliphatic hydroxyl groups excluding tert-OH is 1. The lowest BCUT2D eigenvalue weighted by Gasteiger charge is -2.01. The third kappa shape index (κ3) is 2.45. The molecule has 0 heterocycles. The molecule has 0 aliphatic heterocycles. The second kappa shape index (κ2) is 4.07. The van der Waals surface area contributed by atoms with Gasteiger partial charge in [-0.25, -0.2) is 0 Å². The summed E-state index contributed by atoms with van der Waals surface area (Å²) in [6.07, 6.45) is 1.01. The predicted molar refractivity (Wildman–Crippen MR) is 53.9 cm³/mol. The van der Waals surface area contributed by atoms with Crippen molar-refractivity contribution in [3.05, 3.63) is 39.5 Å². The summed E-state index contributed by atoms with van der Waals surface area (Å²) in [7, 11) is 0. The van der Waals surface area contributed by atoms with Crippen LogP contribution in [0.15, 0.2) is 18.2 Å². The molecule has 59 valence electrons. The topological polar surface area (TPSA) is 20.2 Å². The van der Waals surface area contributed by atoms with Crippen molar-refractivity contribution >= 4 is 22.6 Å². The summed E-state index contributed by atoms with van der Waals surface area (Å²) in [5.74, 6) is 0. The van der Waals surface area contributed by atoms with Crippen molar-refractivity contribution in [3.8, 4) is 0 Å². The highest BCUT2D eigenvalue weighted by atomic mass is 127. The molecule has 0 bridgehead atoms. The fourth-order valence-corrected chi connectivity index (χ4v) is 1.71. The number of halogens is 1. The van der Waals surface area contributed by atoms with E-state index in [-0.39, 0.29) is 0 Å². The number of aryl methyl sites for hydroxylation is 1. The molecule has 1 rings (SSSR count). The van der Waals surface area contributed by atoms with Crippen molar-refractivity contribution in [1.82, 2.24) is 0 Å². The Morgan fingerprint density at radius 1 is 1.45 bits per heavy atom. The second-order valence-corrected chi connectivity index (χ2v) is 3.62. The van der Waals surface area contributed by atoms with Gasteiger partial charge in [-0.3, -0.25) is 0 Å². The van der Waals surface area contributed by atoms with Crippen LogP contribution in [0.1, 0.15) is 18.1 Å². The molecular formula is C9H10IO. The van der Waals surface area contributed by atoms with Crippen LogP contribution in [0.25, 0.3) is 0 Å². The molecule has 1 N–H and O–H groups in total. The van der Waals surface area contributed by atoms with Gasteiger partial charge in [0.2, 0.25) is 0 Å². The Hall–Kier alpha value is -0.0900. The van der Waals surface area contributed by atoms with Crippen LogP contribution < -0.4 is 0 Å². The summed E-state index contributed by atoms with van der Waals surface area (Å²) in [4.78, 5) is 0. The Labute approximate surface area is 80.6 Å². The summed E-state index contributed by atoms with van der Waals surface area (Å²) in [5.41, 5.74) is 2.14. The molecule has 2 heteroatoms. The van der Waals surface area contributed by atoms with E-state index < -0.39 is 0 Å². The zero-order valence-electron chi connectivity index (χ0n) is 6.34. The van der Waals surface area contributed by atoms with Gasteiger partial charge in [-0.15, -0.1) is 0 Å². The molecule has 0 spiro atoms. The van der Waals surface area contributed by atoms with E-state index in [0.717, 1.165) is 18.6 Å². The van der Waals surface area contributed by atoms with E-state index in [4.69, 9.17) is 5.11 Å². The van der Waals surface area contributed by atoms with E-state index in [0.29, 0.717) is 0 Å². The average molecular weight is 261 g/mol. The van der Waals surface area contributed by atoms with Gasteiger partial charge in [-0.1, -0.05) is 13.0 Å². The molecule has 1 aromatic carbocycles. The van der Waals surface area contributed by atoms with Gasteiger partial charge in [-0.05, 0) is 52.3 Å². The monoisotopic (exact) mass is 261 g/mol. The van der Waals surface area contributed by atoms with Crippen LogP contribution in [0, 0.1) is 10.2 Å². The van der Waals surface area contributed by atoms with E-state index >= 15 is 0 Å². The number of hydrogen-bond acceptors (Lipinski definition) is 1. The maximum absolute atomic E-state index is 8.75. The van der Waals surface area contributed by atoms with Gasteiger partial charge < -0.3 is 5.11 Å². The summed E-state index contributed by atoms with van der Waals surface area (Å²) in [6.45, 7) is 3.24. The van der Waals surface area contributed by atoms with Crippen LogP contribution in [-0.2, 0) is 6.42 Å². The minimum absolute atomic E-state index is 0.883. The fourth-order valence-electron chi connectivity index (χ4n) is 0.954. The van der Waals surface area contributed by atoms with Gasteiger partial charge in [0.05, 0.1) is 0 Å². The van der Waals surface area contributed by atoms with Crippen LogP contribution in [0.2, 0.25) is 0 Å². The summed E-state index contributed by atoms with van der Waals surface area (Å²) in [6, 6.07) is 6.05. The van der Waals surface area contributed by atoms with Crippen LogP contribution in [-0.4, -0.2) is 5.11 Å². The first kappa shape index (κ1) is 9.00. The van der Waals surface area contributed by atoms with Gasteiger partial charge in [-0.2, -0.15) is 0 Å². The second-order valence-electron chi connectivity index (χ2n) is 2.38. The first-order valence-corrected chi connectivity index (χ1v) is 4.61. The van der Waals surface area contributed by atoms with Gasteiger partial charge in [0.15, 0.2) is 0 Å². The maximum Gasteiger partial charge on any atom is 0.109 e. The molecule has 1 aromatic rings. The van der Waals surface area contributed by atoms with Crippen molar-refractivity contribution in [2.75, 3.05) is 0 Å². The number of rotatable bonds is 2. The van der Waals surface area contributed by atoms with E-state index in [1.807, 2.05) is 12.1 Å². The molecule has 0 unspecified atom stereocenters. The number of aliphatic hydroxyl groups is 1. The first-order valence-electron chi connectivity index (χ1n) is 3.53. The molecule has 11 heavy (non-hydrogen) atoms. The number of benzene rings is 1. The maximum atomic E-state index is 8.75. The summed E-state index contributed by atoms with van der Waals surface area (Å²) in [5, 5.41) is 8.75. The molecular weight excluding hydrogens is 251 g/mol. The third-order valence-electron chi connectivity index (χ3n) is 1.54. The minimum atomic E-state index is 0.883. The Bertz CT molecular complexity index is 223. The van der Waals surface area contributed by atoms with E-state index in [2.05, 4.69) is 35.6 Å². The van der Waals surface area contributed by atoms with Crippen molar-refractivity contribution < 1.29 is 5.11 Å². The fraction of sp³-hybridized carbons (Fsp3) is 0.222. The van der Waals surface area contributed by atoms with Crippen LogP contribution in [0.4, 0.5) is 0 Å². The summed E-state index contributed by atoms with van der Waals surface area (Å²) >= 11 is 2.25. The average Bonchev–Trinajstić information content (AvgIpc) is 2.03. The molecule has 0 amide bonds. The van der Waals surface area contributed by atoms with Crippen molar-refractivity contribution in [3.63, 3.8) is 0 Å². The van der Waals surface area contributed by atoms with Gasteiger partial charge in [0.25, 0.3) is 0 Å². The standard InChI is InChI=1S/C9H10IO/c1-2-7-3-8(6-11)5-9(10)4-7/h3-6,11H,2H2,1H3. The Morgan fingerprint density at radius 3 is 2.73 bits per heavy atom. The molecule has 1 nitrogen and oxygen atoms in total. The lowest BCUT2D eigenvalue weighted by Crippen LogP contribution is -1.87. The number of hydrogen-bond donors (Lipinski definition) is 1. The van der Waals surface area contributed by atoms with Crippen molar-refractivity contribution in [2.45, 2.75) is 13.3 Å². The van der Waals surface area contributed by atoms with E-state index in [9.17, 15) is 0 Å². The predicted octanol–water partition coefficient (Wildman–Crippen LogP) is 2.74. The molecule has 0 atom stereocenters. The Morgan fingerprint density at radius 2 is 2.18 bits per heavy atom. The lowest BCUT2D eigenvalue weighted by atomic mass is 10.1. The Kier molecular flexibility index (Phi) is 3.33.